The normalized spacial score (nSPS) is 11.6. The summed E-state index contributed by atoms with van der Waals surface area (Å²) in [5.74, 6) is 5.29. The summed E-state index contributed by atoms with van der Waals surface area (Å²) in [5.41, 5.74) is 8.44. The number of amidine groups is 1. The molecule has 0 unspecified atom stereocenters. The summed E-state index contributed by atoms with van der Waals surface area (Å²) in [6.07, 6.45) is 0. The molecule has 8 heteroatoms. The van der Waals surface area contributed by atoms with E-state index in [-0.39, 0.29) is 12.4 Å². The average molecular weight is 276 g/mol. The summed E-state index contributed by atoms with van der Waals surface area (Å²) in [4.78, 5) is 0.845. The molecule has 0 fully saturated rings. The first kappa shape index (κ1) is 14.1. The van der Waals surface area contributed by atoms with Gasteiger partial charge in [-0.25, -0.2) is 11.4 Å². The number of hydrazine groups is 1. The van der Waals surface area contributed by atoms with E-state index in [0.29, 0.717) is 17.1 Å². The Morgan fingerprint density at radius 3 is 2.88 bits per heavy atom. The lowest BCUT2D eigenvalue weighted by Gasteiger charge is -2.07. The van der Waals surface area contributed by atoms with Gasteiger partial charge in [0.1, 0.15) is 0 Å². The Morgan fingerprint density at radius 2 is 2.29 bits per heavy atom. The van der Waals surface area contributed by atoms with Gasteiger partial charge in [-0.05, 0) is 30.1 Å². The van der Waals surface area contributed by atoms with Gasteiger partial charge in [0.05, 0.1) is 11.6 Å². The minimum Gasteiger partial charge on any atom is -0.395 e. The second kappa shape index (κ2) is 7.36. The fourth-order valence-electron chi connectivity index (χ4n) is 1.05. The van der Waals surface area contributed by atoms with Crippen LogP contribution in [0.2, 0.25) is 5.02 Å². The number of hydrazone groups is 1. The summed E-state index contributed by atoms with van der Waals surface area (Å²) >= 11 is 7.41. The summed E-state index contributed by atoms with van der Waals surface area (Å²) in [6.45, 7) is 0.563. The van der Waals surface area contributed by atoms with Crippen LogP contribution in [0.4, 0.5) is 0 Å². The second-order valence-electron chi connectivity index (χ2n) is 2.99. The lowest BCUT2D eigenvalue weighted by molar-refractivity contribution is 0.302. The van der Waals surface area contributed by atoms with E-state index in [0.717, 1.165) is 4.90 Å². The highest BCUT2D eigenvalue weighted by Crippen LogP contribution is 2.25. The molecule has 6 nitrogen and oxygen atoms in total. The Bertz CT molecular complexity index is 401. The van der Waals surface area contributed by atoms with E-state index in [1.807, 2.05) is 6.07 Å². The van der Waals surface area contributed by atoms with Crippen molar-refractivity contribution in [3.8, 4) is 0 Å². The molecule has 7 N–H and O–H groups in total. The third-order valence-electron chi connectivity index (χ3n) is 1.81. The highest BCUT2D eigenvalue weighted by Gasteiger charge is 2.05. The van der Waals surface area contributed by atoms with Gasteiger partial charge in [0.2, 0.25) is 0 Å². The summed E-state index contributed by atoms with van der Waals surface area (Å²) in [6, 6.07) is 5.29. The van der Waals surface area contributed by atoms with Crippen molar-refractivity contribution in [2.45, 2.75) is 4.90 Å². The van der Waals surface area contributed by atoms with Crippen LogP contribution in [0, 0.1) is 0 Å². The number of halogens is 1. The SMILES string of the molecule is NN/N=C(\N)c1ccc(SNCCO)c(Cl)c1. The van der Waals surface area contributed by atoms with E-state index >= 15 is 0 Å². The number of hydrogen-bond donors (Lipinski definition) is 5. The fourth-order valence-corrected chi connectivity index (χ4v) is 1.99. The number of nitrogens with zero attached hydrogens (tertiary/aromatic N) is 1. The van der Waals surface area contributed by atoms with Gasteiger partial charge in [0.25, 0.3) is 0 Å². The first-order chi connectivity index (χ1) is 8.19. The highest BCUT2D eigenvalue weighted by atomic mass is 35.5. The second-order valence-corrected chi connectivity index (χ2v) is 4.33. The molecule has 0 bridgehead atoms. The van der Waals surface area contributed by atoms with Gasteiger partial charge in [-0.3, -0.25) is 4.72 Å². The van der Waals surface area contributed by atoms with Crippen LogP contribution in [0.15, 0.2) is 28.2 Å². The largest absolute Gasteiger partial charge is 0.395 e. The number of nitrogens with two attached hydrogens (primary N) is 2. The zero-order valence-corrected chi connectivity index (χ0v) is 10.6. The predicted molar refractivity (Wildman–Crippen MR) is 70.4 cm³/mol. The molecular formula is C9H14ClN5OS. The van der Waals surface area contributed by atoms with Crippen LogP contribution in [0.3, 0.4) is 0 Å². The predicted octanol–water partition coefficient (Wildman–Crippen LogP) is 0.0126. The number of aliphatic hydroxyl groups excluding tert-OH is 1. The van der Waals surface area contributed by atoms with Crippen LogP contribution in [-0.4, -0.2) is 24.1 Å². The van der Waals surface area contributed by atoms with E-state index in [2.05, 4.69) is 15.4 Å². The summed E-state index contributed by atoms with van der Waals surface area (Å²) < 4.78 is 2.95. The number of benzene rings is 1. The van der Waals surface area contributed by atoms with Gasteiger partial charge in [-0.2, -0.15) is 0 Å². The zero-order chi connectivity index (χ0) is 12.7. The molecule has 0 amide bonds. The topological polar surface area (TPSA) is 109 Å². The Labute approximate surface area is 108 Å². The van der Waals surface area contributed by atoms with E-state index in [4.69, 9.17) is 28.3 Å². The Balaban J connectivity index is 2.75. The molecule has 0 radical (unpaired) electrons. The lowest BCUT2D eigenvalue weighted by atomic mass is 10.2. The molecular weight excluding hydrogens is 262 g/mol. The molecule has 0 saturated carbocycles. The molecule has 0 heterocycles. The number of rotatable bonds is 6. The third-order valence-corrected chi connectivity index (χ3v) is 3.16. The van der Waals surface area contributed by atoms with E-state index < -0.39 is 0 Å². The molecule has 1 aromatic carbocycles. The summed E-state index contributed by atoms with van der Waals surface area (Å²) in [7, 11) is 0. The molecule has 0 aliphatic heterocycles. The van der Waals surface area contributed by atoms with Crippen molar-refractivity contribution in [2.75, 3.05) is 13.2 Å². The maximum Gasteiger partial charge on any atom is 0.152 e. The average Bonchev–Trinajstić information content (AvgIpc) is 2.31. The molecule has 1 aromatic rings. The maximum atomic E-state index is 8.63. The van der Waals surface area contributed by atoms with Gasteiger partial charge >= 0.3 is 0 Å². The fraction of sp³-hybridized carbons (Fsp3) is 0.222. The molecule has 0 spiro atoms. The van der Waals surface area contributed by atoms with Gasteiger partial charge in [0, 0.05) is 17.0 Å². The van der Waals surface area contributed by atoms with Crippen LogP contribution in [0.1, 0.15) is 5.56 Å². The monoisotopic (exact) mass is 275 g/mol. The van der Waals surface area contributed by atoms with Crippen LogP contribution in [0.25, 0.3) is 0 Å². The van der Waals surface area contributed by atoms with Crippen molar-refractivity contribution in [2.24, 2.45) is 16.7 Å². The lowest BCUT2D eigenvalue weighted by Crippen LogP contribution is -2.23. The quantitative estimate of drug-likeness (QED) is 0.125. The van der Waals surface area contributed by atoms with Gasteiger partial charge in [0.15, 0.2) is 5.84 Å². The van der Waals surface area contributed by atoms with E-state index in [1.165, 1.54) is 11.9 Å². The third kappa shape index (κ3) is 4.41. The maximum absolute atomic E-state index is 8.63. The van der Waals surface area contributed by atoms with E-state index in [9.17, 15) is 0 Å². The number of hydrogen-bond acceptors (Lipinski definition) is 6. The van der Waals surface area contributed by atoms with Gasteiger partial charge in [-0.15, -0.1) is 5.10 Å². The smallest absolute Gasteiger partial charge is 0.152 e. The van der Waals surface area contributed by atoms with Crippen molar-refractivity contribution < 1.29 is 5.11 Å². The minimum atomic E-state index is 0.0739. The Morgan fingerprint density at radius 1 is 1.53 bits per heavy atom. The molecule has 17 heavy (non-hydrogen) atoms. The molecule has 0 aromatic heterocycles. The standard InChI is InChI=1S/C9H14ClN5OS/c10-7-5-6(9(11)14-15-12)1-2-8(7)17-13-3-4-16/h1-2,5,13,15-16H,3-4,12H2,(H2,11,14). The van der Waals surface area contributed by atoms with Crippen LogP contribution < -0.4 is 21.8 Å². The first-order valence-electron chi connectivity index (χ1n) is 4.78. The van der Waals surface area contributed by atoms with Gasteiger partial charge < -0.3 is 10.8 Å². The van der Waals surface area contributed by atoms with Crippen molar-refractivity contribution in [3.63, 3.8) is 0 Å². The van der Waals surface area contributed by atoms with Crippen LogP contribution >= 0.6 is 23.5 Å². The van der Waals surface area contributed by atoms with Crippen molar-refractivity contribution in [1.29, 1.82) is 0 Å². The molecule has 94 valence electrons. The van der Waals surface area contributed by atoms with E-state index in [1.54, 1.807) is 12.1 Å². The molecule has 0 saturated heterocycles. The van der Waals surface area contributed by atoms with Crippen LogP contribution in [0.5, 0.6) is 0 Å². The molecule has 1 rings (SSSR count). The number of aliphatic hydroxyl groups is 1. The molecule has 0 aliphatic carbocycles. The highest BCUT2D eigenvalue weighted by molar-refractivity contribution is 7.97. The number of nitrogens with one attached hydrogen (secondary N) is 2. The summed E-state index contributed by atoms with van der Waals surface area (Å²) in [5, 5.41) is 12.8. The Kier molecular flexibility index (Phi) is 6.09. The van der Waals surface area contributed by atoms with Gasteiger partial charge in [-0.1, -0.05) is 11.6 Å². The van der Waals surface area contributed by atoms with Crippen molar-refractivity contribution >= 4 is 29.4 Å². The Hall–Kier alpha value is -0.990. The van der Waals surface area contributed by atoms with Crippen molar-refractivity contribution in [3.05, 3.63) is 28.8 Å². The van der Waals surface area contributed by atoms with Crippen molar-refractivity contribution in [1.82, 2.24) is 10.3 Å². The molecule has 0 aliphatic rings. The van der Waals surface area contributed by atoms with Crippen LogP contribution in [-0.2, 0) is 0 Å². The minimum absolute atomic E-state index is 0.0739. The molecule has 0 atom stereocenters. The first-order valence-corrected chi connectivity index (χ1v) is 5.97. The zero-order valence-electron chi connectivity index (χ0n) is 8.98.